The first kappa shape index (κ1) is 44.9. The predicted molar refractivity (Wildman–Crippen MR) is 214 cm³/mol. The van der Waals surface area contributed by atoms with Crippen LogP contribution in [0.2, 0.25) is 0 Å². The lowest BCUT2D eigenvalue weighted by Crippen LogP contribution is -2.34. The van der Waals surface area contributed by atoms with Gasteiger partial charge in [-0.05, 0) is 109 Å². The van der Waals surface area contributed by atoms with Crippen molar-refractivity contribution in [2.75, 3.05) is 39.5 Å². The van der Waals surface area contributed by atoms with E-state index in [1.54, 1.807) is 0 Å². The zero-order valence-corrected chi connectivity index (χ0v) is 32.5. The predicted octanol–water partition coefficient (Wildman–Crippen LogP) is 13.9. The van der Waals surface area contributed by atoms with Crippen molar-refractivity contribution in [3.63, 3.8) is 0 Å². The number of unbranched alkanes of at least 4 members (excludes halogenated alkanes) is 18. The van der Waals surface area contributed by atoms with Gasteiger partial charge < -0.3 is 14.4 Å². The maximum absolute atomic E-state index is 6.41. The molecule has 0 bridgehead atoms. The van der Waals surface area contributed by atoms with Crippen LogP contribution in [0.15, 0.2) is 48.6 Å². The van der Waals surface area contributed by atoms with Crippen LogP contribution in [0, 0.1) is 0 Å². The van der Waals surface area contributed by atoms with Gasteiger partial charge in [0, 0.05) is 19.8 Å². The Bertz CT molecular complexity index is 735. The lowest BCUT2D eigenvalue weighted by atomic mass is 10.1. The molecule has 280 valence electrons. The van der Waals surface area contributed by atoms with Crippen molar-refractivity contribution in [2.24, 2.45) is 0 Å². The average Bonchev–Trinajstić information content (AvgIpc) is 3.11. The van der Waals surface area contributed by atoms with Crippen LogP contribution in [-0.2, 0) is 9.47 Å². The van der Waals surface area contributed by atoms with E-state index >= 15 is 0 Å². The van der Waals surface area contributed by atoms with E-state index in [0.717, 1.165) is 39.1 Å². The van der Waals surface area contributed by atoms with Gasteiger partial charge in [0.2, 0.25) is 0 Å². The number of hydrogen-bond acceptors (Lipinski definition) is 3. The van der Waals surface area contributed by atoms with Gasteiger partial charge in [-0.15, -0.1) is 0 Å². The Morgan fingerprint density at radius 1 is 0.479 bits per heavy atom. The first-order valence-electron chi connectivity index (χ1n) is 21.4. The van der Waals surface area contributed by atoms with Crippen LogP contribution in [0.3, 0.4) is 0 Å². The van der Waals surface area contributed by atoms with E-state index in [4.69, 9.17) is 9.47 Å². The fourth-order valence-electron chi connectivity index (χ4n) is 6.47. The van der Waals surface area contributed by atoms with Crippen LogP contribution < -0.4 is 0 Å². The first-order valence-corrected chi connectivity index (χ1v) is 21.4. The summed E-state index contributed by atoms with van der Waals surface area (Å²) in [6.45, 7) is 10.8. The van der Waals surface area contributed by atoms with Crippen molar-refractivity contribution >= 4 is 0 Å². The Balaban J connectivity index is 2.03. The minimum absolute atomic E-state index is 0.259. The molecule has 0 radical (unpaired) electrons. The Hall–Kier alpha value is -1.16. The summed E-state index contributed by atoms with van der Waals surface area (Å²) in [4.78, 5) is 2.64. The molecule has 1 rings (SSSR count). The normalized spacial score (nSPS) is 15.3. The van der Waals surface area contributed by atoms with Crippen molar-refractivity contribution < 1.29 is 9.47 Å². The third-order valence-corrected chi connectivity index (χ3v) is 9.71. The van der Waals surface area contributed by atoms with E-state index in [1.807, 2.05) is 0 Å². The van der Waals surface area contributed by atoms with Crippen molar-refractivity contribution in [1.82, 2.24) is 4.90 Å². The molecule has 1 heterocycles. The van der Waals surface area contributed by atoms with Gasteiger partial charge in [0.05, 0.1) is 12.7 Å². The SMILES string of the molecule is CCCCC/C=C/C/C=C/CCCCCCCCOCC(CCN1CCCCC1)OCCCCCCCC/C=C/C/C=C/CCCCC. The third kappa shape index (κ3) is 33.3. The molecule has 0 aliphatic carbocycles. The van der Waals surface area contributed by atoms with E-state index in [0.29, 0.717) is 0 Å². The van der Waals surface area contributed by atoms with Crippen LogP contribution in [0.25, 0.3) is 0 Å². The lowest BCUT2D eigenvalue weighted by molar-refractivity contribution is -0.0268. The van der Waals surface area contributed by atoms with Gasteiger partial charge in [-0.25, -0.2) is 0 Å². The highest BCUT2D eigenvalue weighted by molar-refractivity contribution is 4.93. The number of likely N-dealkylation sites (tertiary alicyclic amines) is 1. The molecule has 1 unspecified atom stereocenters. The van der Waals surface area contributed by atoms with E-state index < -0.39 is 0 Å². The Kier molecular flexibility index (Phi) is 36.1. The number of hydrogen-bond donors (Lipinski definition) is 0. The number of allylic oxidation sites excluding steroid dienone is 8. The van der Waals surface area contributed by atoms with Gasteiger partial charge in [0.1, 0.15) is 0 Å². The molecule has 48 heavy (non-hydrogen) atoms. The van der Waals surface area contributed by atoms with Crippen LogP contribution in [0.5, 0.6) is 0 Å². The minimum atomic E-state index is 0.259. The summed E-state index contributed by atoms with van der Waals surface area (Å²) < 4.78 is 12.6. The van der Waals surface area contributed by atoms with Crippen molar-refractivity contribution in [3.8, 4) is 0 Å². The van der Waals surface area contributed by atoms with E-state index in [-0.39, 0.29) is 6.10 Å². The number of ether oxygens (including phenoxy) is 2. The topological polar surface area (TPSA) is 21.7 Å². The second-order valence-corrected chi connectivity index (χ2v) is 14.4. The van der Waals surface area contributed by atoms with Gasteiger partial charge in [0.25, 0.3) is 0 Å². The molecular formula is C45H83NO2. The third-order valence-electron chi connectivity index (χ3n) is 9.71. The van der Waals surface area contributed by atoms with Gasteiger partial charge in [-0.3, -0.25) is 0 Å². The van der Waals surface area contributed by atoms with Crippen molar-refractivity contribution in [3.05, 3.63) is 48.6 Å². The standard InChI is InChI=1S/C45H83NO2/c1-3-5-7-9-11-13-15-17-19-21-23-25-27-29-31-36-42-47-44-45(38-41-46-39-34-33-35-40-46)48-43-37-32-30-28-26-24-22-20-18-16-14-12-10-8-6-4-2/h11-14,17-20,45H,3-10,15-16,21-44H2,1-2H3/b13-11+,14-12+,19-17+,20-18+. The molecule has 1 atom stereocenters. The fourth-order valence-corrected chi connectivity index (χ4v) is 6.47. The Morgan fingerprint density at radius 3 is 1.42 bits per heavy atom. The first-order chi connectivity index (χ1) is 23.9. The lowest BCUT2D eigenvalue weighted by Gasteiger charge is -2.28. The van der Waals surface area contributed by atoms with Crippen LogP contribution in [0.4, 0.5) is 0 Å². The molecule has 0 saturated carbocycles. The summed E-state index contributed by atoms with van der Waals surface area (Å²) in [5, 5.41) is 0. The highest BCUT2D eigenvalue weighted by Gasteiger charge is 2.15. The van der Waals surface area contributed by atoms with Gasteiger partial charge in [-0.2, -0.15) is 0 Å². The zero-order valence-electron chi connectivity index (χ0n) is 32.5. The summed E-state index contributed by atoms with van der Waals surface area (Å²) >= 11 is 0. The molecule has 1 aliphatic rings. The van der Waals surface area contributed by atoms with Crippen LogP contribution >= 0.6 is 0 Å². The maximum Gasteiger partial charge on any atom is 0.0820 e. The van der Waals surface area contributed by atoms with Crippen molar-refractivity contribution in [1.29, 1.82) is 0 Å². The number of piperidine rings is 1. The molecule has 0 aromatic heterocycles. The quantitative estimate of drug-likeness (QED) is 0.0489. The molecule has 0 spiro atoms. The zero-order chi connectivity index (χ0) is 34.3. The Labute approximate surface area is 301 Å². The Morgan fingerprint density at radius 2 is 0.917 bits per heavy atom. The molecule has 1 fully saturated rings. The summed E-state index contributed by atoms with van der Waals surface area (Å²) in [6.07, 6.45) is 55.3. The fraction of sp³-hybridized carbons (Fsp3) is 0.822. The van der Waals surface area contributed by atoms with Crippen molar-refractivity contribution in [2.45, 2.75) is 200 Å². The molecule has 0 amide bonds. The summed E-state index contributed by atoms with van der Waals surface area (Å²) in [5.41, 5.74) is 0. The smallest absolute Gasteiger partial charge is 0.0820 e. The van der Waals surface area contributed by atoms with E-state index in [9.17, 15) is 0 Å². The molecule has 0 N–H and O–H groups in total. The molecule has 1 saturated heterocycles. The molecule has 3 nitrogen and oxygen atoms in total. The highest BCUT2D eigenvalue weighted by atomic mass is 16.5. The van der Waals surface area contributed by atoms with Gasteiger partial charge >= 0.3 is 0 Å². The average molecular weight is 670 g/mol. The largest absolute Gasteiger partial charge is 0.379 e. The molecule has 3 heteroatoms. The van der Waals surface area contributed by atoms with Gasteiger partial charge in [0.15, 0.2) is 0 Å². The summed E-state index contributed by atoms with van der Waals surface area (Å²) in [7, 11) is 0. The summed E-state index contributed by atoms with van der Waals surface area (Å²) in [6, 6.07) is 0. The number of nitrogens with zero attached hydrogens (tertiary/aromatic N) is 1. The van der Waals surface area contributed by atoms with Gasteiger partial charge in [-0.1, -0.05) is 146 Å². The maximum atomic E-state index is 6.41. The molecule has 0 aromatic rings. The van der Waals surface area contributed by atoms with Crippen LogP contribution in [-0.4, -0.2) is 50.5 Å². The second-order valence-electron chi connectivity index (χ2n) is 14.4. The second kappa shape index (κ2) is 38.6. The number of rotatable bonds is 36. The minimum Gasteiger partial charge on any atom is -0.379 e. The van der Waals surface area contributed by atoms with E-state index in [2.05, 4.69) is 67.4 Å². The molecule has 0 aromatic carbocycles. The van der Waals surface area contributed by atoms with Crippen LogP contribution in [0.1, 0.15) is 194 Å². The molecule has 1 aliphatic heterocycles. The monoisotopic (exact) mass is 670 g/mol. The highest BCUT2D eigenvalue weighted by Crippen LogP contribution is 2.14. The molecular weight excluding hydrogens is 587 g/mol. The summed E-state index contributed by atoms with van der Waals surface area (Å²) in [5.74, 6) is 0. The van der Waals surface area contributed by atoms with E-state index in [1.165, 1.54) is 180 Å².